The topological polar surface area (TPSA) is 109 Å². The van der Waals surface area contributed by atoms with Crippen LogP contribution in [0.1, 0.15) is 10.4 Å². The van der Waals surface area contributed by atoms with Crippen LogP contribution < -0.4 is 10.6 Å². The van der Waals surface area contributed by atoms with Crippen LogP contribution in [0.15, 0.2) is 35.1 Å². The van der Waals surface area contributed by atoms with Crippen LogP contribution in [0.4, 0.5) is 10.5 Å². The highest BCUT2D eigenvalue weighted by atomic mass is 79.9. The summed E-state index contributed by atoms with van der Waals surface area (Å²) < 4.78 is 2.09. The van der Waals surface area contributed by atoms with Gasteiger partial charge in [0.05, 0.1) is 24.0 Å². The van der Waals surface area contributed by atoms with Crippen LogP contribution in [0, 0.1) is 0 Å². The number of nitrogens with one attached hydrogen (secondary N) is 2. The van der Waals surface area contributed by atoms with Crippen molar-refractivity contribution in [1.82, 2.24) is 20.3 Å². The Morgan fingerprint density at radius 2 is 2.19 bits per heavy atom. The maximum Gasteiger partial charge on any atom is 0.335 e. The van der Waals surface area contributed by atoms with E-state index in [4.69, 9.17) is 5.11 Å². The molecule has 0 bridgehead atoms. The van der Waals surface area contributed by atoms with Gasteiger partial charge in [0.1, 0.15) is 0 Å². The van der Waals surface area contributed by atoms with Crippen LogP contribution >= 0.6 is 15.9 Å². The van der Waals surface area contributed by atoms with Crippen molar-refractivity contribution in [3.05, 3.63) is 40.6 Å². The molecule has 0 atom stereocenters. The lowest BCUT2D eigenvalue weighted by atomic mass is 10.2. The molecule has 0 spiro atoms. The molecule has 110 valence electrons. The van der Waals surface area contributed by atoms with Crippen LogP contribution in [0.25, 0.3) is 0 Å². The van der Waals surface area contributed by atoms with E-state index >= 15 is 0 Å². The number of hydrogen-bond donors (Lipinski definition) is 3. The first-order chi connectivity index (χ1) is 10.1. The van der Waals surface area contributed by atoms with Crippen molar-refractivity contribution in [2.75, 3.05) is 11.9 Å². The van der Waals surface area contributed by atoms with Gasteiger partial charge < -0.3 is 15.7 Å². The highest BCUT2D eigenvalue weighted by Crippen LogP contribution is 2.23. The number of urea groups is 1. The zero-order chi connectivity index (χ0) is 15.2. The number of amides is 2. The molecular formula is C12H12BrN5O3. The van der Waals surface area contributed by atoms with Gasteiger partial charge in [-0.1, -0.05) is 5.21 Å². The molecule has 0 aliphatic rings. The van der Waals surface area contributed by atoms with E-state index in [9.17, 15) is 9.59 Å². The van der Waals surface area contributed by atoms with Gasteiger partial charge in [-0.15, -0.1) is 5.10 Å². The van der Waals surface area contributed by atoms with Gasteiger partial charge in [-0.2, -0.15) is 0 Å². The van der Waals surface area contributed by atoms with Gasteiger partial charge in [-0.05, 0) is 34.1 Å². The summed E-state index contributed by atoms with van der Waals surface area (Å²) in [4.78, 5) is 22.5. The van der Waals surface area contributed by atoms with Gasteiger partial charge in [0, 0.05) is 17.2 Å². The average molecular weight is 354 g/mol. The third-order valence-electron chi connectivity index (χ3n) is 2.56. The van der Waals surface area contributed by atoms with Gasteiger partial charge in [0.25, 0.3) is 0 Å². The minimum atomic E-state index is -1.03. The third-order valence-corrected chi connectivity index (χ3v) is 3.22. The number of anilines is 1. The van der Waals surface area contributed by atoms with Gasteiger partial charge in [0.15, 0.2) is 0 Å². The highest BCUT2D eigenvalue weighted by molar-refractivity contribution is 9.10. The summed E-state index contributed by atoms with van der Waals surface area (Å²) in [6.45, 7) is 0.895. The molecule has 2 aromatic rings. The molecule has 0 unspecified atom stereocenters. The number of carbonyl (C=O) groups excluding carboxylic acids is 1. The van der Waals surface area contributed by atoms with E-state index in [0.717, 1.165) is 0 Å². The first kappa shape index (κ1) is 15.0. The van der Waals surface area contributed by atoms with Crippen molar-refractivity contribution >= 4 is 33.6 Å². The van der Waals surface area contributed by atoms with Crippen molar-refractivity contribution in [2.45, 2.75) is 6.54 Å². The van der Waals surface area contributed by atoms with Crippen molar-refractivity contribution < 1.29 is 14.7 Å². The molecule has 8 nitrogen and oxygen atoms in total. The number of benzene rings is 1. The van der Waals surface area contributed by atoms with Crippen LogP contribution in [0.3, 0.4) is 0 Å². The van der Waals surface area contributed by atoms with Crippen LogP contribution in [-0.4, -0.2) is 38.6 Å². The second-order valence-electron chi connectivity index (χ2n) is 4.05. The Labute approximate surface area is 128 Å². The fourth-order valence-corrected chi connectivity index (χ4v) is 2.03. The number of carboxylic acids is 1. The Morgan fingerprint density at radius 1 is 1.38 bits per heavy atom. The molecule has 0 fully saturated rings. The number of rotatable bonds is 5. The lowest BCUT2D eigenvalue weighted by Gasteiger charge is -2.09. The van der Waals surface area contributed by atoms with E-state index < -0.39 is 5.97 Å². The lowest BCUT2D eigenvalue weighted by molar-refractivity contribution is 0.0697. The number of carboxylic acid groups (broad SMARTS) is 1. The van der Waals surface area contributed by atoms with E-state index in [-0.39, 0.29) is 11.6 Å². The standard InChI is InChI=1S/C12H12BrN5O3/c13-9-7-8(11(19)20)1-2-10(9)16-12(21)14-3-5-18-6-4-15-17-18/h1-2,4,6-7H,3,5H2,(H,19,20)(H2,14,16,21). The van der Waals surface area contributed by atoms with E-state index in [1.165, 1.54) is 18.2 Å². The molecule has 0 aliphatic carbocycles. The van der Waals surface area contributed by atoms with E-state index in [1.807, 2.05) is 0 Å². The fraction of sp³-hybridized carbons (Fsp3) is 0.167. The van der Waals surface area contributed by atoms with E-state index in [1.54, 1.807) is 17.1 Å². The molecular weight excluding hydrogens is 342 g/mol. The smallest absolute Gasteiger partial charge is 0.335 e. The molecule has 2 rings (SSSR count). The summed E-state index contributed by atoms with van der Waals surface area (Å²) in [5, 5.41) is 21.6. The molecule has 0 saturated heterocycles. The number of aromatic carboxylic acids is 1. The van der Waals surface area contributed by atoms with E-state index in [0.29, 0.717) is 23.2 Å². The molecule has 3 N–H and O–H groups in total. The lowest BCUT2D eigenvalue weighted by Crippen LogP contribution is -2.31. The summed E-state index contributed by atoms with van der Waals surface area (Å²) in [7, 11) is 0. The Kier molecular flexibility index (Phi) is 4.88. The Balaban J connectivity index is 1.86. The normalized spacial score (nSPS) is 10.1. The molecule has 1 aromatic carbocycles. The quantitative estimate of drug-likeness (QED) is 0.755. The van der Waals surface area contributed by atoms with Crippen LogP contribution in [0.2, 0.25) is 0 Å². The predicted molar refractivity (Wildman–Crippen MR) is 78.1 cm³/mol. The molecule has 0 aliphatic heterocycles. The van der Waals surface area contributed by atoms with Gasteiger partial charge >= 0.3 is 12.0 Å². The maximum absolute atomic E-state index is 11.7. The van der Waals surface area contributed by atoms with Gasteiger partial charge in [0.2, 0.25) is 0 Å². The largest absolute Gasteiger partial charge is 0.478 e. The first-order valence-electron chi connectivity index (χ1n) is 5.98. The minimum Gasteiger partial charge on any atom is -0.478 e. The highest BCUT2D eigenvalue weighted by Gasteiger charge is 2.09. The fourth-order valence-electron chi connectivity index (χ4n) is 1.55. The molecule has 9 heteroatoms. The number of aromatic nitrogens is 3. The minimum absolute atomic E-state index is 0.138. The molecule has 21 heavy (non-hydrogen) atoms. The van der Waals surface area contributed by atoms with Gasteiger partial charge in [-0.3, -0.25) is 4.68 Å². The Hall–Kier alpha value is -2.42. The molecule has 0 saturated carbocycles. The number of hydrogen-bond acceptors (Lipinski definition) is 4. The Morgan fingerprint density at radius 3 is 2.81 bits per heavy atom. The summed E-state index contributed by atoms with van der Waals surface area (Å²) in [6.07, 6.45) is 3.25. The summed E-state index contributed by atoms with van der Waals surface area (Å²) in [6, 6.07) is 3.97. The Bertz CT molecular complexity index is 644. The zero-order valence-electron chi connectivity index (χ0n) is 10.8. The van der Waals surface area contributed by atoms with Crippen molar-refractivity contribution in [1.29, 1.82) is 0 Å². The van der Waals surface area contributed by atoms with Crippen LogP contribution in [-0.2, 0) is 6.54 Å². The molecule has 2 amide bonds. The summed E-state index contributed by atoms with van der Waals surface area (Å²) >= 11 is 3.22. The van der Waals surface area contributed by atoms with Gasteiger partial charge in [-0.25, -0.2) is 9.59 Å². The summed E-state index contributed by atoms with van der Waals surface area (Å²) in [5.74, 6) is -1.03. The number of carbonyl (C=O) groups is 2. The van der Waals surface area contributed by atoms with Crippen molar-refractivity contribution in [3.63, 3.8) is 0 Å². The average Bonchev–Trinajstić information content (AvgIpc) is 2.94. The van der Waals surface area contributed by atoms with E-state index in [2.05, 4.69) is 36.9 Å². The number of nitrogens with zero attached hydrogens (tertiary/aromatic N) is 3. The predicted octanol–water partition coefficient (Wildman–Crippen LogP) is 1.56. The maximum atomic E-state index is 11.7. The van der Waals surface area contributed by atoms with Crippen molar-refractivity contribution in [2.24, 2.45) is 0 Å². The molecule has 0 radical (unpaired) electrons. The van der Waals surface area contributed by atoms with Crippen molar-refractivity contribution in [3.8, 4) is 0 Å². The molecule has 1 heterocycles. The number of halogens is 1. The SMILES string of the molecule is O=C(NCCn1ccnn1)Nc1ccc(C(=O)O)cc1Br. The monoisotopic (exact) mass is 353 g/mol. The zero-order valence-corrected chi connectivity index (χ0v) is 12.4. The van der Waals surface area contributed by atoms with Crippen LogP contribution in [0.5, 0.6) is 0 Å². The second-order valence-corrected chi connectivity index (χ2v) is 4.90. The first-order valence-corrected chi connectivity index (χ1v) is 6.77. The molecule has 1 aromatic heterocycles. The third kappa shape index (κ3) is 4.28. The summed E-state index contributed by atoms with van der Waals surface area (Å²) in [5.41, 5.74) is 0.622. The second kappa shape index (κ2) is 6.84.